The number of hydrogen-bond donors (Lipinski definition) is 1. The summed E-state index contributed by atoms with van der Waals surface area (Å²) in [5.41, 5.74) is 9.81. The van der Waals surface area contributed by atoms with Crippen molar-refractivity contribution in [2.24, 2.45) is 11.7 Å². The van der Waals surface area contributed by atoms with Crippen LogP contribution in [0.4, 0.5) is 5.69 Å². The van der Waals surface area contributed by atoms with Gasteiger partial charge >= 0.3 is 0 Å². The second-order valence-electron chi connectivity index (χ2n) is 5.94. The first kappa shape index (κ1) is 15.3. The Hall–Kier alpha value is -1.06. The molecule has 0 heterocycles. The normalized spacial score (nSPS) is 16.2. The van der Waals surface area contributed by atoms with Gasteiger partial charge in [0.15, 0.2) is 0 Å². The molecule has 0 radical (unpaired) electrons. The Kier molecular flexibility index (Phi) is 5.44. The molecule has 1 unspecified atom stereocenters. The molecule has 1 saturated carbocycles. The Balaban J connectivity index is 2.25. The monoisotopic (exact) mass is 276 g/mol. The van der Waals surface area contributed by atoms with Gasteiger partial charge in [0.05, 0.1) is 6.61 Å². The quantitative estimate of drug-likeness (QED) is 0.793. The lowest BCUT2D eigenvalue weighted by Crippen LogP contribution is -2.38. The van der Waals surface area contributed by atoms with Crippen LogP contribution in [-0.2, 0) is 11.2 Å². The summed E-state index contributed by atoms with van der Waals surface area (Å²) in [6.45, 7) is 6.92. The van der Waals surface area contributed by atoms with Gasteiger partial charge in [-0.3, -0.25) is 0 Å². The lowest BCUT2D eigenvalue weighted by Gasteiger charge is -2.33. The Morgan fingerprint density at radius 2 is 2.15 bits per heavy atom. The first-order valence-electron chi connectivity index (χ1n) is 7.72. The number of nitrogens with zero attached hydrogens (tertiary/aromatic N) is 1. The molecule has 112 valence electrons. The molecule has 1 aromatic rings. The molecule has 1 aliphatic rings. The molecule has 0 amide bonds. The van der Waals surface area contributed by atoms with Crippen LogP contribution < -0.4 is 10.6 Å². The summed E-state index contributed by atoms with van der Waals surface area (Å²) in [5.74, 6) is 0.846. The maximum atomic E-state index is 5.78. The summed E-state index contributed by atoms with van der Waals surface area (Å²) in [6.07, 6.45) is 3.67. The van der Waals surface area contributed by atoms with E-state index in [0.717, 1.165) is 25.5 Å². The number of methoxy groups -OCH3 is 1. The molecular formula is C17H28N2O. The highest BCUT2D eigenvalue weighted by atomic mass is 16.5. The van der Waals surface area contributed by atoms with Gasteiger partial charge in [0.25, 0.3) is 0 Å². The van der Waals surface area contributed by atoms with Gasteiger partial charge in [0.1, 0.15) is 0 Å². The van der Waals surface area contributed by atoms with E-state index in [4.69, 9.17) is 10.5 Å². The van der Waals surface area contributed by atoms with Gasteiger partial charge in [-0.2, -0.15) is 0 Å². The molecule has 1 fully saturated rings. The minimum absolute atomic E-state index is 0.587. The molecule has 0 aliphatic heterocycles. The van der Waals surface area contributed by atoms with Crippen molar-refractivity contribution in [1.29, 1.82) is 0 Å². The second-order valence-corrected chi connectivity index (χ2v) is 5.94. The molecule has 0 spiro atoms. The van der Waals surface area contributed by atoms with Crippen LogP contribution in [0.3, 0.4) is 0 Å². The smallest absolute Gasteiger partial charge is 0.0637 e. The zero-order chi connectivity index (χ0) is 14.5. The summed E-state index contributed by atoms with van der Waals surface area (Å²) >= 11 is 0. The van der Waals surface area contributed by atoms with E-state index in [1.165, 1.54) is 29.7 Å². The van der Waals surface area contributed by atoms with E-state index in [9.17, 15) is 0 Å². The number of hydrogen-bond acceptors (Lipinski definition) is 3. The zero-order valence-corrected chi connectivity index (χ0v) is 13.1. The maximum Gasteiger partial charge on any atom is 0.0637 e. The topological polar surface area (TPSA) is 38.5 Å². The lowest BCUT2D eigenvalue weighted by molar-refractivity contribution is 0.202. The van der Waals surface area contributed by atoms with Gasteiger partial charge in [-0.05, 0) is 57.2 Å². The molecule has 20 heavy (non-hydrogen) atoms. The number of aryl methyl sites for hydroxylation is 1. The predicted molar refractivity (Wildman–Crippen MR) is 85.3 cm³/mol. The van der Waals surface area contributed by atoms with Crippen molar-refractivity contribution in [2.45, 2.75) is 39.2 Å². The van der Waals surface area contributed by atoms with Crippen LogP contribution in [0.15, 0.2) is 18.2 Å². The molecule has 2 rings (SSSR count). The van der Waals surface area contributed by atoms with Crippen molar-refractivity contribution < 1.29 is 4.74 Å². The van der Waals surface area contributed by atoms with Gasteiger partial charge in [0, 0.05) is 25.4 Å². The summed E-state index contributed by atoms with van der Waals surface area (Å²) in [7, 11) is 1.77. The summed E-state index contributed by atoms with van der Waals surface area (Å²) < 4.78 is 5.30. The van der Waals surface area contributed by atoms with E-state index in [2.05, 4.69) is 36.9 Å². The van der Waals surface area contributed by atoms with Crippen molar-refractivity contribution in [3.8, 4) is 0 Å². The van der Waals surface area contributed by atoms with Gasteiger partial charge in [-0.15, -0.1) is 0 Å². The Morgan fingerprint density at radius 1 is 1.40 bits per heavy atom. The van der Waals surface area contributed by atoms with Crippen LogP contribution in [0.2, 0.25) is 0 Å². The van der Waals surface area contributed by atoms with Gasteiger partial charge < -0.3 is 15.4 Å². The first-order chi connectivity index (χ1) is 9.67. The number of anilines is 1. The van der Waals surface area contributed by atoms with Gasteiger partial charge in [0.2, 0.25) is 0 Å². The standard InChI is InChI=1S/C17H28N2O/c1-13-4-7-17(16(12-13)8-9-18)19(10-11-20-3)14(2)15-5-6-15/h4,7,12,14-15H,5-6,8-11,18H2,1-3H3. The summed E-state index contributed by atoms with van der Waals surface area (Å²) in [5, 5.41) is 0. The number of nitrogens with two attached hydrogens (primary N) is 1. The third-order valence-electron chi connectivity index (χ3n) is 4.29. The van der Waals surface area contributed by atoms with E-state index in [1.807, 2.05) is 0 Å². The van der Waals surface area contributed by atoms with Crippen LogP contribution in [0.25, 0.3) is 0 Å². The molecule has 1 aliphatic carbocycles. The van der Waals surface area contributed by atoms with Gasteiger partial charge in [-0.25, -0.2) is 0 Å². The molecule has 2 N–H and O–H groups in total. The predicted octanol–water partition coefficient (Wildman–Crippen LogP) is 2.75. The van der Waals surface area contributed by atoms with Crippen LogP contribution in [-0.4, -0.2) is 32.8 Å². The lowest BCUT2D eigenvalue weighted by atomic mass is 10.0. The molecule has 1 aromatic carbocycles. The van der Waals surface area contributed by atoms with Crippen molar-refractivity contribution in [3.05, 3.63) is 29.3 Å². The molecule has 0 aromatic heterocycles. The second kappa shape index (κ2) is 7.09. The Labute approximate surface area is 123 Å². The van der Waals surface area contributed by atoms with Crippen LogP contribution in [0.5, 0.6) is 0 Å². The maximum absolute atomic E-state index is 5.78. The molecule has 3 heteroatoms. The zero-order valence-electron chi connectivity index (χ0n) is 13.1. The number of ether oxygens (including phenoxy) is 1. The van der Waals surface area contributed by atoms with Crippen LogP contribution in [0.1, 0.15) is 30.9 Å². The fourth-order valence-electron chi connectivity index (χ4n) is 2.92. The molecule has 3 nitrogen and oxygen atoms in total. The number of benzene rings is 1. The molecule has 0 saturated heterocycles. The largest absolute Gasteiger partial charge is 0.383 e. The Bertz CT molecular complexity index is 429. The van der Waals surface area contributed by atoms with E-state index in [1.54, 1.807) is 7.11 Å². The molecular weight excluding hydrogens is 248 g/mol. The fraction of sp³-hybridized carbons (Fsp3) is 0.647. The van der Waals surface area contributed by atoms with Crippen molar-refractivity contribution in [2.75, 3.05) is 31.7 Å². The molecule has 0 bridgehead atoms. The fourth-order valence-corrected chi connectivity index (χ4v) is 2.92. The van der Waals surface area contributed by atoms with Crippen molar-refractivity contribution in [3.63, 3.8) is 0 Å². The van der Waals surface area contributed by atoms with E-state index in [0.29, 0.717) is 12.6 Å². The van der Waals surface area contributed by atoms with Crippen molar-refractivity contribution >= 4 is 5.69 Å². The highest BCUT2D eigenvalue weighted by Gasteiger charge is 2.32. The van der Waals surface area contributed by atoms with E-state index < -0.39 is 0 Å². The summed E-state index contributed by atoms with van der Waals surface area (Å²) in [4.78, 5) is 2.52. The third-order valence-corrected chi connectivity index (χ3v) is 4.29. The Morgan fingerprint density at radius 3 is 2.75 bits per heavy atom. The minimum Gasteiger partial charge on any atom is -0.383 e. The van der Waals surface area contributed by atoms with E-state index in [-0.39, 0.29) is 0 Å². The highest BCUT2D eigenvalue weighted by molar-refractivity contribution is 5.56. The third kappa shape index (κ3) is 3.74. The first-order valence-corrected chi connectivity index (χ1v) is 7.72. The number of rotatable bonds is 8. The summed E-state index contributed by atoms with van der Waals surface area (Å²) in [6, 6.07) is 7.33. The SMILES string of the molecule is COCCN(c1ccc(C)cc1CCN)C(C)C1CC1. The van der Waals surface area contributed by atoms with Gasteiger partial charge in [-0.1, -0.05) is 17.7 Å². The molecule has 1 atom stereocenters. The average Bonchev–Trinajstić information content (AvgIpc) is 3.25. The van der Waals surface area contributed by atoms with Crippen LogP contribution in [0, 0.1) is 12.8 Å². The van der Waals surface area contributed by atoms with E-state index >= 15 is 0 Å². The minimum atomic E-state index is 0.587. The van der Waals surface area contributed by atoms with Crippen molar-refractivity contribution in [1.82, 2.24) is 0 Å². The highest BCUT2D eigenvalue weighted by Crippen LogP contribution is 2.37. The average molecular weight is 276 g/mol. The van der Waals surface area contributed by atoms with Crippen LogP contribution >= 0.6 is 0 Å².